The van der Waals surface area contributed by atoms with Gasteiger partial charge in [0.25, 0.3) is 5.91 Å². The molecule has 2 N–H and O–H groups in total. The second-order valence-corrected chi connectivity index (χ2v) is 6.83. The molecule has 7 nitrogen and oxygen atoms in total. The Bertz CT molecular complexity index is 953. The molecule has 0 atom stereocenters. The Kier molecular flexibility index (Phi) is 4.24. The molecular weight excluding hydrogens is 332 g/mol. The van der Waals surface area contributed by atoms with Gasteiger partial charge in [0.1, 0.15) is 23.8 Å². The molecule has 1 saturated carbocycles. The lowest BCUT2D eigenvalue weighted by Crippen LogP contribution is -2.44. The van der Waals surface area contributed by atoms with Crippen molar-refractivity contribution in [3.63, 3.8) is 0 Å². The number of carbonyl (C=O) groups is 1. The smallest absolute Gasteiger partial charge is 0.251 e. The zero-order valence-electron chi connectivity index (χ0n) is 14.9. The van der Waals surface area contributed by atoms with E-state index in [1.165, 1.54) is 0 Å². The molecule has 0 saturated heterocycles. The summed E-state index contributed by atoms with van der Waals surface area (Å²) < 4.78 is 7.50. The number of benzene rings is 1. The number of aliphatic hydroxyl groups is 1. The van der Waals surface area contributed by atoms with Crippen molar-refractivity contribution in [2.45, 2.75) is 51.8 Å². The van der Waals surface area contributed by atoms with Crippen LogP contribution in [0, 0.1) is 6.92 Å². The Balaban J connectivity index is 1.40. The average molecular weight is 354 g/mol. The highest BCUT2D eigenvalue weighted by Gasteiger charge is 2.35. The van der Waals surface area contributed by atoms with E-state index in [9.17, 15) is 9.90 Å². The van der Waals surface area contributed by atoms with Crippen molar-refractivity contribution < 1.29 is 14.3 Å². The van der Waals surface area contributed by atoms with Gasteiger partial charge in [-0.15, -0.1) is 10.2 Å². The number of hydrogen-bond acceptors (Lipinski definition) is 5. The first-order valence-corrected chi connectivity index (χ1v) is 8.93. The highest BCUT2D eigenvalue weighted by Crippen LogP contribution is 2.36. The van der Waals surface area contributed by atoms with Crippen LogP contribution >= 0.6 is 0 Å². The lowest BCUT2D eigenvalue weighted by Gasteiger charge is -2.35. The summed E-state index contributed by atoms with van der Waals surface area (Å²) in [6.07, 6.45) is 1.67. The first kappa shape index (κ1) is 16.8. The van der Waals surface area contributed by atoms with Crippen LogP contribution in [-0.4, -0.2) is 31.8 Å². The maximum absolute atomic E-state index is 12.5. The van der Waals surface area contributed by atoms with Gasteiger partial charge in [-0.3, -0.25) is 4.79 Å². The zero-order valence-corrected chi connectivity index (χ0v) is 14.9. The van der Waals surface area contributed by atoms with E-state index in [1.54, 1.807) is 6.07 Å². The van der Waals surface area contributed by atoms with Gasteiger partial charge in [0.15, 0.2) is 5.82 Å². The number of aryl methyl sites for hydroxylation is 1. The molecule has 7 heteroatoms. The maximum Gasteiger partial charge on any atom is 0.251 e. The number of carbonyl (C=O) groups excluding carboxylic acids is 1. The lowest BCUT2D eigenvalue weighted by molar-refractivity contribution is 0.0907. The summed E-state index contributed by atoms with van der Waals surface area (Å²) in [5, 5.41) is 21.6. The number of nitrogens with one attached hydrogen (secondary N) is 1. The highest BCUT2D eigenvalue weighted by molar-refractivity contribution is 5.98. The van der Waals surface area contributed by atoms with Crippen LogP contribution in [-0.2, 0) is 13.2 Å². The van der Waals surface area contributed by atoms with E-state index in [4.69, 9.17) is 4.42 Å². The van der Waals surface area contributed by atoms with E-state index in [2.05, 4.69) is 15.5 Å². The van der Waals surface area contributed by atoms with Crippen molar-refractivity contribution in [1.29, 1.82) is 0 Å². The second-order valence-electron chi connectivity index (χ2n) is 6.83. The second kappa shape index (κ2) is 6.57. The Morgan fingerprint density at radius 1 is 1.35 bits per heavy atom. The third-order valence-corrected chi connectivity index (χ3v) is 5.05. The summed E-state index contributed by atoms with van der Waals surface area (Å²) in [4.78, 5) is 12.5. The molecule has 0 aliphatic heterocycles. The molecule has 3 aromatic rings. The molecule has 2 aromatic heterocycles. The molecule has 0 bridgehead atoms. The van der Waals surface area contributed by atoms with Crippen molar-refractivity contribution >= 4 is 16.9 Å². The summed E-state index contributed by atoms with van der Waals surface area (Å²) in [6.45, 7) is 4.53. The summed E-state index contributed by atoms with van der Waals surface area (Å²) in [5.41, 5.74) is 1.43. The summed E-state index contributed by atoms with van der Waals surface area (Å²) in [5.74, 6) is 2.53. The Labute approximate surface area is 151 Å². The molecule has 1 aliphatic carbocycles. The predicted molar refractivity (Wildman–Crippen MR) is 95.8 cm³/mol. The third-order valence-electron chi connectivity index (χ3n) is 5.05. The first-order chi connectivity index (χ1) is 12.6. The van der Waals surface area contributed by atoms with Crippen LogP contribution in [0.5, 0.6) is 0 Å². The van der Waals surface area contributed by atoms with E-state index < -0.39 is 0 Å². The van der Waals surface area contributed by atoms with Crippen LogP contribution < -0.4 is 5.32 Å². The first-order valence-electron chi connectivity index (χ1n) is 8.93. The van der Waals surface area contributed by atoms with Gasteiger partial charge in [-0.05, 0) is 51.0 Å². The molecule has 136 valence electrons. The number of fused-ring (bicyclic) bond motifs is 1. The Hall–Kier alpha value is -2.67. The summed E-state index contributed by atoms with van der Waals surface area (Å²) in [6, 6.07) is 7.55. The fraction of sp³-hybridized carbons (Fsp3) is 0.421. The number of rotatable bonds is 5. The summed E-state index contributed by atoms with van der Waals surface area (Å²) in [7, 11) is 0. The van der Waals surface area contributed by atoms with Gasteiger partial charge in [-0.25, -0.2) is 0 Å². The van der Waals surface area contributed by atoms with Crippen molar-refractivity contribution in [3.8, 4) is 0 Å². The quantitative estimate of drug-likeness (QED) is 0.734. The average Bonchev–Trinajstić information content (AvgIpc) is 3.17. The van der Waals surface area contributed by atoms with Crippen LogP contribution in [0.25, 0.3) is 11.0 Å². The molecule has 4 rings (SSSR count). The topological polar surface area (TPSA) is 93.2 Å². The molecule has 0 radical (unpaired) electrons. The lowest BCUT2D eigenvalue weighted by atomic mass is 9.79. The Morgan fingerprint density at radius 3 is 2.88 bits per heavy atom. The Morgan fingerprint density at radius 2 is 2.15 bits per heavy atom. The molecular formula is C19H22N4O3. The molecule has 26 heavy (non-hydrogen) atoms. The minimum absolute atomic E-state index is 0.0674. The number of aliphatic hydroxyl groups excluding tert-OH is 1. The monoisotopic (exact) mass is 354 g/mol. The standard InChI is InChI=1S/C19H22N4O3/c1-3-23-17(10-24)21-22-18(23)14-8-15(9-14)20-19(25)12-4-5-16-13(7-12)6-11(2)26-16/h4-7,14-15,24H,3,8-10H2,1-2H3,(H,20,25). The molecule has 1 amide bonds. The largest absolute Gasteiger partial charge is 0.461 e. The number of hydrogen-bond donors (Lipinski definition) is 2. The third kappa shape index (κ3) is 2.88. The van der Waals surface area contributed by atoms with Crippen LogP contribution in [0.4, 0.5) is 0 Å². The normalized spacial score (nSPS) is 19.5. The van der Waals surface area contributed by atoms with Crippen LogP contribution in [0.1, 0.15) is 53.5 Å². The molecule has 2 heterocycles. The van der Waals surface area contributed by atoms with E-state index in [0.717, 1.165) is 41.9 Å². The molecule has 0 spiro atoms. The van der Waals surface area contributed by atoms with E-state index >= 15 is 0 Å². The van der Waals surface area contributed by atoms with Crippen LogP contribution in [0.2, 0.25) is 0 Å². The molecule has 1 aliphatic rings. The minimum Gasteiger partial charge on any atom is -0.461 e. The highest BCUT2D eigenvalue weighted by atomic mass is 16.3. The van der Waals surface area contributed by atoms with E-state index in [0.29, 0.717) is 11.4 Å². The molecule has 1 fully saturated rings. The van der Waals surface area contributed by atoms with Crippen molar-refractivity contribution in [1.82, 2.24) is 20.1 Å². The van der Waals surface area contributed by atoms with Gasteiger partial charge in [0.05, 0.1) is 0 Å². The summed E-state index contributed by atoms with van der Waals surface area (Å²) >= 11 is 0. The number of aromatic nitrogens is 3. The van der Waals surface area contributed by atoms with Gasteiger partial charge < -0.3 is 19.4 Å². The van der Waals surface area contributed by atoms with Gasteiger partial charge >= 0.3 is 0 Å². The number of amides is 1. The fourth-order valence-corrected chi connectivity index (χ4v) is 3.65. The van der Waals surface area contributed by atoms with Gasteiger partial charge in [0, 0.05) is 29.5 Å². The number of furan rings is 1. The SMILES string of the molecule is CCn1c(CO)nnc1C1CC(NC(=O)c2ccc3oc(C)cc3c2)C1. The van der Waals surface area contributed by atoms with Gasteiger partial charge in [0.2, 0.25) is 0 Å². The van der Waals surface area contributed by atoms with Crippen molar-refractivity contribution in [2.75, 3.05) is 0 Å². The number of nitrogens with zero attached hydrogens (tertiary/aromatic N) is 3. The van der Waals surface area contributed by atoms with Gasteiger partial charge in [-0.2, -0.15) is 0 Å². The van der Waals surface area contributed by atoms with Crippen LogP contribution in [0.15, 0.2) is 28.7 Å². The fourth-order valence-electron chi connectivity index (χ4n) is 3.65. The zero-order chi connectivity index (χ0) is 18.3. The van der Waals surface area contributed by atoms with Crippen LogP contribution in [0.3, 0.4) is 0 Å². The molecule has 1 aromatic carbocycles. The maximum atomic E-state index is 12.5. The predicted octanol–water partition coefficient (Wildman–Crippen LogP) is 2.52. The molecule has 0 unspecified atom stereocenters. The minimum atomic E-state index is -0.107. The van der Waals surface area contributed by atoms with Gasteiger partial charge in [-0.1, -0.05) is 0 Å². The van der Waals surface area contributed by atoms with Crippen molar-refractivity contribution in [2.24, 2.45) is 0 Å². The van der Waals surface area contributed by atoms with E-state index in [1.807, 2.05) is 36.6 Å². The van der Waals surface area contributed by atoms with E-state index in [-0.39, 0.29) is 24.5 Å². The van der Waals surface area contributed by atoms with Crippen molar-refractivity contribution in [3.05, 3.63) is 47.2 Å².